The number of hydrogen-bond acceptors (Lipinski definition) is 4. The molecule has 0 aliphatic carbocycles. The monoisotopic (exact) mass is 449 g/mol. The fourth-order valence-electron chi connectivity index (χ4n) is 2.99. The SMILES string of the molecule is CN=C(NCCCN1CCCC(C)C1)NCc1nc(C)c(C)o1.I. The highest BCUT2D eigenvalue weighted by Crippen LogP contribution is 2.15. The van der Waals surface area contributed by atoms with Crippen LogP contribution < -0.4 is 10.6 Å². The Morgan fingerprint density at radius 2 is 2.17 bits per heavy atom. The number of halogens is 1. The number of nitrogens with one attached hydrogen (secondary N) is 2. The molecule has 1 fully saturated rings. The van der Waals surface area contributed by atoms with Crippen LogP contribution in [0.15, 0.2) is 9.41 Å². The molecule has 24 heavy (non-hydrogen) atoms. The summed E-state index contributed by atoms with van der Waals surface area (Å²) in [4.78, 5) is 11.2. The number of hydrogen-bond donors (Lipinski definition) is 2. The predicted molar refractivity (Wildman–Crippen MR) is 109 cm³/mol. The van der Waals surface area contributed by atoms with E-state index in [1.807, 2.05) is 13.8 Å². The third-order valence-electron chi connectivity index (χ3n) is 4.39. The lowest BCUT2D eigenvalue weighted by Gasteiger charge is -2.30. The van der Waals surface area contributed by atoms with Gasteiger partial charge in [0.2, 0.25) is 5.89 Å². The van der Waals surface area contributed by atoms with Crippen molar-refractivity contribution < 1.29 is 4.42 Å². The minimum absolute atomic E-state index is 0. The Hall–Kier alpha value is -0.830. The summed E-state index contributed by atoms with van der Waals surface area (Å²) in [6, 6.07) is 0. The third kappa shape index (κ3) is 6.96. The molecular formula is C17H32IN5O. The van der Waals surface area contributed by atoms with Crippen LogP contribution in [0.4, 0.5) is 0 Å². The van der Waals surface area contributed by atoms with Crippen molar-refractivity contribution in [1.29, 1.82) is 0 Å². The number of oxazole rings is 1. The summed E-state index contributed by atoms with van der Waals surface area (Å²) in [7, 11) is 1.79. The molecule has 0 bridgehead atoms. The van der Waals surface area contributed by atoms with Gasteiger partial charge in [0.1, 0.15) is 5.76 Å². The second kappa shape index (κ2) is 10.9. The number of aromatic nitrogens is 1. The molecule has 0 amide bonds. The van der Waals surface area contributed by atoms with E-state index < -0.39 is 0 Å². The number of rotatable bonds is 6. The number of aryl methyl sites for hydroxylation is 2. The average molecular weight is 449 g/mol. The van der Waals surface area contributed by atoms with Gasteiger partial charge in [-0.1, -0.05) is 6.92 Å². The van der Waals surface area contributed by atoms with Crippen molar-refractivity contribution in [2.75, 3.05) is 33.2 Å². The van der Waals surface area contributed by atoms with E-state index in [1.54, 1.807) is 7.05 Å². The Balaban J connectivity index is 0.00000288. The summed E-state index contributed by atoms with van der Waals surface area (Å²) in [5, 5.41) is 6.60. The van der Waals surface area contributed by atoms with Crippen LogP contribution in [-0.4, -0.2) is 49.1 Å². The smallest absolute Gasteiger partial charge is 0.214 e. The van der Waals surface area contributed by atoms with Crippen LogP contribution in [0.1, 0.15) is 43.5 Å². The molecule has 1 atom stereocenters. The van der Waals surface area contributed by atoms with Crippen molar-refractivity contribution in [2.45, 2.75) is 46.6 Å². The van der Waals surface area contributed by atoms with E-state index in [-0.39, 0.29) is 24.0 Å². The van der Waals surface area contributed by atoms with E-state index >= 15 is 0 Å². The molecule has 7 heteroatoms. The minimum atomic E-state index is 0. The lowest BCUT2D eigenvalue weighted by Crippen LogP contribution is -2.39. The highest BCUT2D eigenvalue weighted by Gasteiger charge is 2.15. The van der Waals surface area contributed by atoms with Crippen LogP contribution in [0.2, 0.25) is 0 Å². The zero-order valence-corrected chi connectivity index (χ0v) is 17.7. The molecule has 2 rings (SSSR count). The fraction of sp³-hybridized carbons (Fsp3) is 0.765. The summed E-state index contributed by atoms with van der Waals surface area (Å²) in [6.45, 7) is 11.4. The highest BCUT2D eigenvalue weighted by molar-refractivity contribution is 14.0. The van der Waals surface area contributed by atoms with Crippen LogP contribution in [0.3, 0.4) is 0 Å². The number of piperidine rings is 1. The first-order chi connectivity index (χ1) is 11.1. The molecule has 6 nitrogen and oxygen atoms in total. The molecule has 1 aromatic heterocycles. The predicted octanol–water partition coefficient (Wildman–Crippen LogP) is 2.70. The van der Waals surface area contributed by atoms with Gasteiger partial charge in [-0.3, -0.25) is 4.99 Å². The summed E-state index contributed by atoms with van der Waals surface area (Å²) in [5.74, 6) is 3.22. The Labute approximate surface area is 162 Å². The lowest BCUT2D eigenvalue weighted by molar-refractivity contribution is 0.182. The molecule has 1 unspecified atom stereocenters. The van der Waals surface area contributed by atoms with Gasteiger partial charge < -0.3 is 20.0 Å². The molecule has 2 N–H and O–H groups in total. The van der Waals surface area contributed by atoms with Crippen molar-refractivity contribution in [1.82, 2.24) is 20.5 Å². The Morgan fingerprint density at radius 3 is 2.79 bits per heavy atom. The average Bonchev–Trinajstić information content (AvgIpc) is 2.85. The van der Waals surface area contributed by atoms with E-state index in [2.05, 4.69) is 32.4 Å². The summed E-state index contributed by atoms with van der Waals surface area (Å²) in [5.41, 5.74) is 0.945. The standard InChI is InChI=1S/C17H31N5O.HI/c1-13-7-5-9-22(12-13)10-6-8-19-17(18-4)20-11-16-21-14(2)15(3)23-16;/h13H,5-12H2,1-4H3,(H2,18,19,20);1H. The Kier molecular flexibility index (Phi) is 9.65. The van der Waals surface area contributed by atoms with E-state index in [1.165, 1.54) is 25.9 Å². The van der Waals surface area contributed by atoms with Gasteiger partial charge in [0.05, 0.1) is 12.2 Å². The van der Waals surface area contributed by atoms with Gasteiger partial charge in [-0.25, -0.2) is 4.98 Å². The molecular weight excluding hydrogens is 417 g/mol. The van der Waals surface area contributed by atoms with E-state index in [9.17, 15) is 0 Å². The molecule has 0 radical (unpaired) electrons. The maximum Gasteiger partial charge on any atom is 0.214 e. The number of likely N-dealkylation sites (tertiary alicyclic amines) is 1. The van der Waals surface area contributed by atoms with Crippen LogP contribution >= 0.6 is 24.0 Å². The second-order valence-corrected chi connectivity index (χ2v) is 6.50. The summed E-state index contributed by atoms with van der Waals surface area (Å²) < 4.78 is 5.56. The number of guanidine groups is 1. The molecule has 1 aliphatic heterocycles. The molecule has 1 aliphatic rings. The van der Waals surface area contributed by atoms with E-state index in [4.69, 9.17) is 4.42 Å². The molecule has 0 aromatic carbocycles. The zero-order chi connectivity index (χ0) is 16.7. The molecule has 1 saturated heterocycles. The van der Waals surface area contributed by atoms with Crippen LogP contribution in [0, 0.1) is 19.8 Å². The van der Waals surface area contributed by atoms with Crippen LogP contribution in [0.5, 0.6) is 0 Å². The Morgan fingerprint density at radius 1 is 1.38 bits per heavy atom. The van der Waals surface area contributed by atoms with Gasteiger partial charge in [0, 0.05) is 20.1 Å². The first-order valence-electron chi connectivity index (χ1n) is 8.68. The third-order valence-corrected chi connectivity index (χ3v) is 4.39. The highest BCUT2D eigenvalue weighted by atomic mass is 127. The van der Waals surface area contributed by atoms with Gasteiger partial charge in [-0.2, -0.15) is 0 Å². The van der Waals surface area contributed by atoms with Gasteiger partial charge in [0.25, 0.3) is 0 Å². The van der Waals surface area contributed by atoms with E-state index in [0.717, 1.165) is 42.8 Å². The van der Waals surface area contributed by atoms with E-state index in [0.29, 0.717) is 12.4 Å². The first-order valence-corrected chi connectivity index (χ1v) is 8.68. The van der Waals surface area contributed by atoms with Gasteiger partial charge in [0.15, 0.2) is 5.96 Å². The summed E-state index contributed by atoms with van der Waals surface area (Å²) >= 11 is 0. The van der Waals surface area contributed by atoms with Crippen molar-refractivity contribution >= 4 is 29.9 Å². The van der Waals surface area contributed by atoms with Gasteiger partial charge >= 0.3 is 0 Å². The minimum Gasteiger partial charge on any atom is -0.444 e. The normalized spacial score (nSPS) is 19.0. The van der Waals surface area contributed by atoms with Gasteiger partial charge in [-0.05, 0) is 52.1 Å². The quantitative estimate of drug-likeness (QED) is 0.303. The lowest BCUT2D eigenvalue weighted by atomic mass is 10.0. The molecule has 0 saturated carbocycles. The largest absolute Gasteiger partial charge is 0.444 e. The zero-order valence-electron chi connectivity index (χ0n) is 15.4. The topological polar surface area (TPSA) is 65.7 Å². The molecule has 0 spiro atoms. The van der Waals surface area contributed by atoms with Gasteiger partial charge in [-0.15, -0.1) is 24.0 Å². The molecule has 138 valence electrons. The number of nitrogens with zero attached hydrogens (tertiary/aromatic N) is 3. The maximum absolute atomic E-state index is 5.56. The number of aliphatic imine (C=N–C) groups is 1. The first kappa shape index (κ1) is 21.2. The maximum atomic E-state index is 5.56. The Bertz CT molecular complexity index is 498. The summed E-state index contributed by atoms with van der Waals surface area (Å²) in [6.07, 6.45) is 3.85. The fourth-order valence-corrected chi connectivity index (χ4v) is 2.99. The molecule has 2 heterocycles. The van der Waals surface area contributed by atoms with Crippen LogP contribution in [0.25, 0.3) is 0 Å². The van der Waals surface area contributed by atoms with Crippen molar-refractivity contribution in [3.63, 3.8) is 0 Å². The van der Waals surface area contributed by atoms with Crippen LogP contribution in [-0.2, 0) is 6.54 Å². The van der Waals surface area contributed by atoms with Crippen molar-refractivity contribution in [3.05, 3.63) is 17.3 Å². The molecule has 1 aromatic rings. The second-order valence-electron chi connectivity index (χ2n) is 6.50. The van der Waals surface area contributed by atoms with Crippen molar-refractivity contribution in [3.8, 4) is 0 Å². The van der Waals surface area contributed by atoms with Crippen molar-refractivity contribution in [2.24, 2.45) is 10.9 Å².